The van der Waals surface area contributed by atoms with Crippen molar-refractivity contribution in [1.82, 2.24) is 25.4 Å². The average molecular weight is 470 g/mol. The maximum atomic E-state index is 14.6. The topological polar surface area (TPSA) is 73.9 Å². The second kappa shape index (κ2) is 9.41. The first-order valence-electron chi connectivity index (χ1n) is 11.7. The molecule has 0 saturated heterocycles. The van der Waals surface area contributed by atoms with E-state index in [1.54, 1.807) is 24.5 Å². The molecule has 6 nitrogen and oxygen atoms in total. The van der Waals surface area contributed by atoms with E-state index in [0.29, 0.717) is 24.9 Å². The molecular weight excluding hydrogens is 436 g/mol. The van der Waals surface area contributed by atoms with E-state index in [2.05, 4.69) is 37.5 Å². The van der Waals surface area contributed by atoms with Gasteiger partial charge in [-0.25, -0.2) is 8.78 Å². The molecule has 0 radical (unpaired) electrons. The summed E-state index contributed by atoms with van der Waals surface area (Å²) in [4.78, 5) is 19.2. The number of aryl methyl sites for hydroxylation is 1. The third-order valence-corrected chi connectivity index (χ3v) is 7.35. The molecule has 1 fully saturated rings. The first-order chi connectivity index (χ1) is 16.1. The van der Waals surface area contributed by atoms with Gasteiger partial charge in [-0.2, -0.15) is 5.10 Å². The Morgan fingerprint density at radius 1 is 1.29 bits per heavy atom. The number of likely N-dealkylation sites (N-methyl/N-ethyl adjacent to an activating group) is 1. The lowest BCUT2D eigenvalue weighted by molar-refractivity contribution is -0.123. The van der Waals surface area contributed by atoms with Crippen LogP contribution in [0.5, 0.6) is 0 Å². The second-order valence-electron chi connectivity index (χ2n) is 9.96. The molecule has 0 aliphatic heterocycles. The van der Waals surface area contributed by atoms with Gasteiger partial charge in [-0.05, 0) is 76.0 Å². The zero-order chi connectivity index (χ0) is 24.5. The fourth-order valence-corrected chi connectivity index (χ4v) is 5.07. The number of H-pyrrole nitrogens is 1. The number of benzene rings is 1. The maximum Gasteiger partial charge on any atom is 0.251 e. The standard InChI is InChI=1S/C26H33F2N5O/c1-17-10-18(11-20-15-31-32-24(17)20)12-21(33(3)4)16-30-23(34)13-22(19-6-5-9-29-14-19)26(7-8-26)25(2,27)28/h5-6,9-11,14-15,21-22H,7-8,12-13,16H2,1-4H3,(H,30,34)(H,31,32)/t21-,22-/m0/s1. The minimum Gasteiger partial charge on any atom is -0.355 e. The van der Waals surface area contributed by atoms with Crippen LogP contribution in [0, 0.1) is 12.3 Å². The van der Waals surface area contributed by atoms with Crippen LogP contribution in [0.4, 0.5) is 8.78 Å². The van der Waals surface area contributed by atoms with Crippen molar-refractivity contribution in [1.29, 1.82) is 0 Å². The highest BCUT2D eigenvalue weighted by Crippen LogP contribution is 2.65. The Morgan fingerprint density at radius 3 is 2.68 bits per heavy atom. The van der Waals surface area contributed by atoms with E-state index in [1.807, 2.05) is 27.2 Å². The molecule has 1 amide bonds. The number of aromatic amines is 1. The number of aromatic nitrogens is 3. The molecular formula is C26H33F2N5O. The number of nitrogens with zero attached hydrogens (tertiary/aromatic N) is 3. The fourth-order valence-electron chi connectivity index (χ4n) is 5.07. The van der Waals surface area contributed by atoms with Crippen LogP contribution < -0.4 is 5.32 Å². The largest absolute Gasteiger partial charge is 0.355 e. The molecule has 2 heterocycles. The van der Waals surface area contributed by atoms with Crippen LogP contribution in [0.15, 0.2) is 42.9 Å². The summed E-state index contributed by atoms with van der Waals surface area (Å²) in [5.74, 6) is -3.63. The zero-order valence-electron chi connectivity index (χ0n) is 20.2. The molecule has 182 valence electrons. The first-order valence-corrected chi connectivity index (χ1v) is 11.7. The number of hydrogen-bond donors (Lipinski definition) is 2. The molecule has 1 aromatic carbocycles. The van der Waals surface area contributed by atoms with Gasteiger partial charge >= 0.3 is 0 Å². The number of carbonyl (C=O) groups excluding carboxylic acids is 1. The molecule has 8 heteroatoms. The predicted molar refractivity (Wildman–Crippen MR) is 129 cm³/mol. The van der Waals surface area contributed by atoms with Gasteiger partial charge in [0.1, 0.15) is 0 Å². The maximum absolute atomic E-state index is 14.6. The highest BCUT2D eigenvalue weighted by atomic mass is 19.3. The molecule has 2 N–H and O–H groups in total. The van der Waals surface area contributed by atoms with Crippen molar-refractivity contribution in [2.24, 2.45) is 5.41 Å². The zero-order valence-corrected chi connectivity index (χ0v) is 20.2. The normalized spacial score (nSPS) is 17.0. The van der Waals surface area contributed by atoms with Crippen molar-refractivity contribution in [2.75, 3.05) is 20.6 Å². The van der Waals surface area contributed by atoms with Gasteiger partial charge in [0.2, 0.25) is 5.91 Å². The molecule has 0 unspecified atom stereocenters. The van der Waals surface area contributed by atoms with Crippen molar-refractivity contribution in [3.63, 3.8) is 0 Å². The smallest absolute Gasteiger partial charge is 0.251 e. The van der Waals surface area contributed by atoms with Gasteiger partial charge in [0.25, 0.3) is 5.92 Å². The average Bonchev–Trinajstić information content (AvgIpc) is 3.46. The summed E-state index contributed by atoms with van der Waals surface area (Å²) < 4.78 is 29.1. The van der Waals surface area contributed by atoms with E-state index in [1.165, 1.54) is 0 Å². The highest BCUT2D eigenvalue weighted by molar-refractivity contribution is 5.82. The number of amides is 1. The number of pyridine rings is 1. The van der Waals surface area contributed by atoms with Crippen LogP contribution in [0.3, 0.4) is 0 Å². The van der Waals surface area contributed by atoms with Gasteiger partial charge in [0.05, 0.1) is 11.7 Å². The SMILES string of the molecule is Cc1cc(C[C@@H](CNC(=O)C[C@@H](c2cccnc2)C2(C(C)(F)F)CC2)N(C)C)cc2cn[nH]c12. The summed E-state index contributed by atoms with van der Waals surface area (Å²) in [7, 11) is 3.96. The van der Waals surface area contributed by atoms with E-state index in [4.69, 9.17) is 0 Å². The molecule has 3 aromatic rings. The molecule has 1 aliphatic carbocycles. The summed E-state index contributed by atoms with van der Waals surface area (Å²) in [5, 5.41) is 11.2. The third kappa shape index (κ3) is 4.97. The van der Waals surface area contributed by atoms with Crippen molar-refractivity contribution in [2.45, 2.75) is 57.4 Å². The quantitative estimate of drug-likeness (QED) is 0.460. The van der Waals surface area contributed by atoms with Crippen LogP contribution in [-0.4, -0.2) is 58.6 Å². The van der Waals surface area contributed by atoms with Crippen molar-refractivity contribution >= 4 is 16.8 Å². The number of alkyl halides is 2. The van der Waals surface area contributed by atoms with Crippen molar-refractivity contribution in [3.05, 3.63) is 59.5 Å². The molecule has 4 rings (SSSR count). The molecule has 34 heavy (non-hydrogen) atoms. The van der Waals surface area contributed by atoms with Crippen LogP contribution in [0.1, 0.15) is 48.8 Å². The number of rotatable bonds is 10. The molecule has 2 atom stereocenters. The van der Waals surface area contributed by atoms with Gasteiger partial charge in [-0.3, -0.25) is 14.9 Å². The van der Waals surface area contributed by atoms with E-state index in [0.717, 1.165) is 35.4 Å². The Labute approximate surface area is 199 Å². The number of carbonyl (C=O) groups is 1. The van der Waals surface area contributed by atoms with Crippen LogP contribution >= 0.6 is 0 Å². The lowest BCUT2D eigenvalue weighted by Gasteiger charge is -2.32. The second-order valence-corrected chi connectivity index (χ2v) is 9.96. The lowest BCUT2D eigenvalue weighted by atomic mass is 9.77. The Morgan fingerprint density at radius 2 is 2.06 bits per heavy atom. The highest BCUT2D eigenvalue weighted by Gasteiger charge is 2.63. The Balaban J connectivity index is 1.44. The first kappa shape index (κ1) is 24.3. The predicted octanol–water partition coefficient (Wildman–Crippen LogP) is 4.46. The summed E-state index contributed by atoms with van der Waals surface area (Å²) in [6, 6.07) is 7.85. The monoisotopic (exact) mass is 469 g/mol. The van der Waals surface area contributed by atoms with E-state index in [9.17, 15) is 13.6 Å². The molecule has 0 spiro atoms. The fraction of sp³-hybridized carbons (Fsp3) is 0.500. The van der Waals surface area contributed by atoms with Crippen molar-refractivity contribution in [3.8, 4) is 0 Å². The third-order valence-electron chi connectivity index (χ3n) is 7.35. The van der Waals surface area contributed by atoms with Gasteiger partial charge < -0.3 is 10.2 Å². The van der Waals surface area contributed by atoms with Crippen LogP contribution in [-0.2, 0) is 11.2 Å². The van der Waals surface area contributed by atoms with Crippen LogP contribution in [0.2, 0.25) is 0 Å². The molecule has 1 saturated carbocycles. The lowest BCUT2D eigenvalue weighted by Crippen LogP contribution is -2.43. The molecule has 2 aromatic heterocycles. The number of fused-ring (bicyclic) bond motifs is 1. The number of nitrogens with one attached hydrogen (secondary N) is 2. The van der Waals surface area contributed by atoms with Gasteiger partial charge in [0.15, 0.2) is 0 Å². The summed E-state index contributed by atoms with van der Waals surface area (Å²) in [6.07, 6.45) is 6.65. The molecule has 0 bridgehead atoms. The van der Waals surface area contributed by atoms with E-state index in [-0.39, 0.29) is 18.4 Å². The van der Waals surface area contributed by atoms with Crippen molar-refractivity contribution < 1.29 is 13.6 Å². The summed E-state index contributed by atoms with van der Waals surface area (Å²) >= 11 is 0. The van der Waals surface area contributed by atoms with E-state index >= 15 is 0 Å². The van der Waals surface area contributed by atoms with E-state index < -0.39 is 17.3 Å². The number of hydrogen-bond acceptors (Lipinski definition) is 4. The molecule has 1 aliphatic rings. The number of halogens is 2. The van der Waals surface area contributed by atoms with Crippen LogP contribution in [0.25, 0.3) is 10.9 Å². The van der Waals surface area contributed by atoms with Gasteiger partial charge in [0, 0.05) is 48.1 Å². The minimum absolute atomic E-state index is 0.0232. The van der Waals surface area contributed by atoms with Gasteiger partial charge in [-0.1, -0.05) is 12.1 Å². The Bertz CT molecular complexity index is 1140. The Kier molecular flexibility index (Phi) is 6.71. The Hall–Kier alpha value is -2.87. The van der Waals surface area contributed by atoms with Gasteiger partial charge in [-0.15, -0.1) is 0 Å². The minimum atomic E-state index is -2.86. The summed E-state index contributed by atoms with van der Waals surface area (Å²) in [5.41, 5.74) is 2.84. The summed E-state index contributed by atoms with van der Waals surface area (Å²) in [6.45, 7) is 3.46.